The second-order valence-electron chi connectivity index (χ2n) is 6.76. The molecule has 0 saturated heterocycles. The number of nitrogens with zero attached hydrogens (tertiary/aromatic N) is 2. The second kappa shape index (κ2) is 12.6. The average molecular weight is 389 g/mol. The van der Waals surface area contributed by atoms with Crippen molar-refractivity contribution in [1.82, 2.24) is 9.80 Å². The second-order valence-corrected chi connectivity index (χ2v) is 6.76. The quantitative estimate of drug-likeness (QED) is 0.408. The van der Waals surface area contributed by atoms with Crippen molar-refractivity contribution in [3.8, 4) is 11.1 Å². The Balaban J connectivity index is 2.32. The molecule has 0 radical (unpaired) electrons. The molecular weight excluding hydrogens is 356 g/mol. The smallest absolute Gasteiger partial charge is 0.0558 e. The third-order valence-corrected chi connectivity index (χ3v) is 4.78. The predicted molar refractivity (Wildman–Crippen MR) is 111 cm³/mol. The fourth-order valence-corrected chi connectivity index (χ4v) is 3.43. The van der Waals surface area contributed by atoms with Crippen molar-refractivity contribution in [3.63, 3.8) is 0 Å². The lowest BCUT2D eigenvalue weighted by Crippen LogP contribution is -2.30. The van der Waals surface area contributed by atoms with Gasteiger partial charge < -0.3 is 20.4 Å². The Hall–Kier alpha value is -1.80. The van der Waals surface area contributed by atoms with Gasteiger partial charge in [0.25, 0.3) is 0 Å². The van der Waals surface area contributed by atoms with E-state index in [1.165, 1.54) is 0 Å². The lowest BCUT2D eigenvalue weighted by atomic mass is 9.94. The molecule has 154 valence electrons. The monoisotopic (exact) mass is 388 g/mol. The van der Waals surface area contributed by atoms with E-state index in [2.05, 4.69) is 24.3 Å². The van der Waals surface area contributed by atoms with Crippen LogP contribution in [0.5, 0.6) is 0 Å². The van der Waals surface area contributed by atoms with Gasteiger partial charge >= 0.3 is 0 Å². The van der Waals surface area contributed by atoms with Crippen LogP contribution in [-0.4, -0.2) is 82.8 Å². The third-order valence-electron chi connectivity index (χ3n) is 4.78. The first-order valence-corrected chi connectivity index (χ1v) is 9.77. The van der Waals surface area contributed by atoms with Gasteiger partial charge in [0, 0.05) is 39.3 Å². The van der Waals surface area contributed by atoms with Crippen molar-refractivity contribution < 1.29 is 20.4 Å². The Morgan fingerprint density at radius 1 is 0.500 bits per heavy atom. The Kier molecular flexibility index (Phi) is 10.1. The molecule has 0 bridgehead atoms. The third kappa shape index (κ3) is 6.67. The molecule has 0 atom stereocenters. The molecule has 0 aliphatic rings. The van der Waals surface area contributed by atoms with Crippen molar-refractivity contribution >= 4 is 0 Å². The molecular formula is C22H32N2O4. The van der Waals surface area contributed by atoms with Crippen LogP contribution >= 0.6 is 0 Å². The maximum Gasteiger partial charge on any atom is 0.0558 e. The van der Waals surface area contributed by atoms with Crippen LogP contribution in [0.2, 0.25) is 0 Å². The van der Waals surface area contributed by atoms with E-state index in [0.29, 0.717) is 39.3 Å². The number of rotatable bonds is 13. The Morgan fingerprint density at radius 3 is 1.14 bits per heavy atom. The zero-order valence-corrected chi connectivity index (χ0v) is 16.4. The first-order valence-electron chi connectivity index (χ1n) is 9.77. The maximum atomic E-state index is 9.30. The van der Waals surface area contributed by atoms with Gasteiger partial charge in [-0.1, -0.05) is 48.5 Å². The van der Waals surface area contributed by atoms with Crippen molar-refractivity contribution in [2.75, 3.05) is 52.6 Å². The molecule has 0 saturated carbocycles. The lowest BCUT2D eigenvalue weighted by molar-refractivity contribution is 0.155. The molecule has 0 fully saturated rings. The molecule has 6 nitrogen and oxygen atoms in total. The van der Waals surface area contributed by atoms with E-state index in [1.54, 1.807) is 0 Å². The normalized spacial score (nSPS) is 11.5. The summed E-state index contributed by atoms with van der Waals surface area (Å²) in [6.07, 6.45) is 0. The summed E-state index contributed by atoms with van der Waals surface area (Å²) in [5, 5.41) is 37.2. The maximum absolute atomic E-state index is 9.30. The summed E-state index contributed by atoms with van der Waals surface area (Å²) in [5.41, 5.74) is 4.50. The van der Waals surface area contributed by atoms with Crippen LogP contribution in [0.3, 0.4) is 0 Å². The van der Waals surface area contributed by atoms with Crippen molar-refractivity contribution in [2.45, 2.75) is 13.1 Å². The van der Waals surface area contributed by atoms with Gasteiger partial charge in [-0.05, 0) is 22.3 Å². The molecule has 0 aliphatic carbocycles. The fourth-order valence-electron chi connectivity index (χ4n) is 3.43. The number of hydrogen-bond donors (Lipinski definition) is 4. The minimum atomic E-state index is 0.0516. The van der Waals surface area contributed by atoms with E-state index >= 15 is 0 Å². The lowest BCUT2D eigenvalue weighted by Gasteiger charge is -2.24. The van der Waals surface area contributed by atoms with Crippen molar-refractivity contribution in [2.24, 2.45) is 0 Å². The van der Waals surface area contributed by atoms with Crippen LogP contribution in [0.4, 0.5) is 0 Å². The topological polar surface area (TPSA) is 87.4 Å². The molecule has 0 aromatic heterocycles. The zero-order valence-electron chi connectivity index (χ0n) is 16.4. The van der Waals surface area contributed by atoms with Gasteiger partial charge in [-0.25, -0.2) is 0 Å². The van der Waals surface area contributed by atoms with Gasteiger partial charge in [-0.2, -0.15) is 0 Å². The summed E-state index contributed by atoms with van der Waals surface area (Å²) in [6.45, 7) is 3.53. The van der Waals surface area contributed by atoms with E-state index in [0.717, 1.165) is 22.3 Å². The number of benzene rings is 2. The molecule has 0 heterocycles. The molecule has 6 heteroatoms. The van der Waals surface area contributed by atoms with Gasteiger partial charge in [0.15, 0.2) is 0 Å². The van der Waals surface area contributed by atoms with Crippen molar-refractivity contribution in [1.29, 1.82) is 0 Å². The zero-order chi connectivity index (χ0) is 20.2. The average Bonchev–Trinajstić information content (AvgIpc) is 2.70. The summed E-state index contributed by atoms with van der Waals surface area (Å²) in [5.74, 6) is 0. The Bertz CT molecular complexity index is 624. The van der Waals surface area contributed by atoms with Gasteiger partial charge in [0.1, 0.15) is 0 Å². The van der Waals surface area contributed by atoms with E-state index in [4.69, 9.17) is 0 Å². The van der Waals surface area contributed by atoms with Crippen LogP contribution in [0, 0.1) is 0 Å². The molecule has 4 N–H and O–H groups in total. The molecule has 0 spiro atoms. The summed E-state index contributed by atoms with van der Waals surface area (Å²) >= 11 is 0. The Morgan fingerprint density at radius 2 is 0.821 bits per heavy atom. The highest BCUT2D eigenvalue weighted by Crippen LogP contribution is 2.29. The highest BCUT2D eigenvalue weighted by Gasteiger charge is 2.14. The number of aliphatic hydroxyl groups excluding tert-OH is 4. The van der Waals surface area contributed by atoms with Crippen LogP contribution < -0.4 is 0 Å². The summed E-state index contributed by atoms with van der Waals surface area (Å²) < 4.78 is 0. The summed E-state index contributed by atoms with van der Waals surface area (Å²) in [7, 11) is 0. The Labute approximate surface area is 167 Å². The van der Waals surface area contributed by atoms with Crippen molar-refractivity contribution in [3.05, 3.63) is 59.7 Å². The first kappa shape index (κ1) is 22.5. The highest BCUT2D eigenvalue weighted by atomic mass is 16.3. The SMILES string of the molecule is OCCN(CCO)Cc1ccccc1-c1ccccc1CN(CCO)CCO. The molecule has 2 rings (SSSR count). The molecule has 2 aromatic rings. The molecule has 0 aliphatic heterocycles. The van der Waals surface area contributed by atoms with Crippen LogP contribution in [0.15, 0.2) is 48.5 Å². The molecule has 0 amide bonds. The van der Waals surface area contributed by atoms with Crippen LogP contribution in [0.25, 0.3) is 11.1 Å². The van der Waals surface area contributed by atoms with Gasteiger partial charge in [0.2, 0.25) is 0 Å². The fraction of sp³-hybridized carbons (Fsp3) is 0.455. The molecule has 28 heavy (non-hydrogen) atoms. The summed E-state index contributed by atoms with van der Waals surface area (Å²) in [6, 6.07) is 16.4. The molecule has 2 aromatic carbocycles. The number of hydrogen-bond acceptors (Lipinski definition) is 6. The van der Waals surface area contributed by atoms with E-state index in [-0.39, 0.29) is 26.4 Å². The first-order chi connectivity index (χ1) is 13.7. The van der Waals surface area contributed by atoms with Crippen LogP contribution in [0.1, 0.15) is 11.1 Å². The number of aliphatic hydroxyl groups is 4. The van der Waals surface area contributed by atoms with Gasteiger partial charge in [-0.15, -0.1) is 0 Å². The van der Waals surface area contributed by atoms with E-state index in [1.807, 2.05) is 34.1 Å². The van der Waals surface area contributed by atoms with Gasteiger partial charge in [0.05, 0.1) is 26.4 Å². The standard InChI is InChI=1S/C22H32N2O4/c25-13-9-23(10-14-26)17-19-5-1-3-7-21(19)22-8-4-2-6-20(22)18-24(11-15-27)12-16-28/h1-8,25-28H,9-18H2. The largest absolute Gasteiger partial charge is 0.395 e. The van der Waals surface area contributed by atoms with Gasteiger partial charge in [-0.3, -0.25) is 9.80 Å². The molecule has 0 unspecified atom stereocenters. The van der Waals surface area contributed by atoms with E-state index in [9.17, 15) is 20.4 Å². The van der Waals surface area contributed by atoms with Crippen LogP contribution in [-0.2, 0) is 13.1 Å². The minimum absolute atomic E-state index is 0.0516. The minimum Gasteiger partial charge on any atom is -0.395 e. The van der Waals surface area contributed by atoms with E-state index < -0.39 is 0 Å². The highest BCUT2D eigenvalue weighted by molar-refractivity contribution is 5.70. The predicted octanol–water partition coefficient (Wildman–Crippen LogP) is 0.927. The summed E-state index contributed by atoms with van der Waals surface area (Å²) in [4.78, 5) is 4.07.